The van der Waals surface area contributed by atoms with Gasteiger partial charge in [0.25, 0.3) is 0 Å². The van der Waals surface area contributed by atoms with Gasteiger partial charge in [0.05, 0.1) is 0 Å². The molecule has 4 nitrogen and oxygen atoms in total. The van der Waals surface area contributed by atoms with Crippen LogP contribution in [-0.2, 0) is 0 Å². The maximum absolute atomic E-state index is 4.11. The Balaban J connectivity index is 1.67. The molecule has 0 radical (unpaired) electrons. The minimum atomic E-state index is 0.735. The second kappa shape index (κ2) is 4.91. The molecule has 1 aliphatic heterocycles. The summed E-state index contributed by atoms with van der Waals surface area (Å²) in [5.41, 5.74) is 0. The van der Waals surface area contributed by atoms with Crippen LogP contribution in [0.2, 0.25) is 0 Å². The summed E-state index contributed by atoms with van der Waals surface area (Å²) in [4.78, 5) is 8.21. The second-order valence-electron chi connectivity index (χ2n) is 3.65. The van der Waals surface area contributed by atoms with Gasteiger partial charge in [-0.1, -0.05) is 0 Å². The first kappa shape index (κ1) is 9.40. The standard InChI is InChI=1S/C10H16N4/c1-4-12-10(13-5-1)14-7-3-9-2-6-11-8-9/h1,4-5,9,11H,2-3,6-8H2,(H,12,13,14). The van der Waals surface area contributed by atoms with Crippen LogP contribution in [0.1, 0.15) is 12.8 Å². The Bertz CT molecular complexity index is 256. The Labute approximate surface area is 84.2 Å². The molecule has 0 amide bonds. The van der Waals surface area contributed by atoms with E-state index in [0.717, 1.165) is 25.0 Å². The van der Waals surface area contributed by atoms with Crippen molar-refractivity contribution in [3.05, 3.63) is 18.5 Å². The maximum atomic E-state index is 4.11. The minimum absolute atomic E-state index is 0.735. The van der Waals surface area contributed by atoms with Gasteiger partial charge < -0.3 is 10.6 Å². The second-order valence-corrected chi connectivity index (χ2v) is 3.65. The highest BCUT2D eigenvalue weighted by molar-refractivity contribution is 5.21. The van der Waals surface area contributed by atoms with Gasteiger partial charge in [-0.15, -0.1) is 0 Å². The Kier molecular flexibility index (Phi) is 3.29. The number of anilines is 1. The average molecular weight is 192 g/mol. The quantitative estimate of drug-likeness (QED) is 0.743. The molecular formula is C10H16N4. The molecule has 0 aliphatic carbocycles. The highest BCUT2D eigenvalue weighted by Gasteiger charge is 2.13. The molecule has 0 aromatic carbocycles. The summed E-state index contributed by atoms with van der Waals surface area (Å²) in [6.07, 6.45) is 6.02. The van der Waals surface area contributed by atoms with Crippen LogP contribution in [0.3, 0.4) is 0 Å². The van der Waals surface area contributed by atoms with E-state index in [9.17, 15) is 0 Å². The smallest absolute Gasteiger partial charge is 0.222 e. The lowest BCUT2D eigenvalue weighted by Crippen LogP contribution is -2.13. The largest absolute Gasteiger partial charge is 0.354 e. The summed E-state index contributed by atoms with van der Waals surface area (Å²) in [6, 6.07) is 1.83. The highest BCUT2D eigenvalue weighted by atomic mass is 15.1. The molecule has 4 heteroatoms. The summed E-state index contributed by atoms with van der Waals surface area (Å²) >= 11 is 0. The van der Waals surface area contributed by atoms with Crippen molar-refractivity contribution in [3.63, 3.8) is 0 Å². The topological polar surface area (TPSA) is 49.8 Å². The lowest BCUT2D eigenvalue weighted by atomic mass is 10.1. The highest BCUT2D eigenvalue weighted by Crippen LogP contribution is 2.11. The molecule has 1 aromatic heterocycles. The molecule has 14 heavy (non-hydrogen) atoms. The van der Waals surface area contributed by atoms with E-state index in [1.165, 1.54) is 19.4 Å². The molecule has 1 aliphatic rings. The van der Waals surface area contributed by atoms with Crippen LogP contribution in [-0.4, -0.2) is 29.6 Å². The molecule has 1 unspecified atom stereocenters. The average Bonchev–Trinajstić information content (AvgIpc) is 2.72. The van der Waals surface area contributed by atoms with Crippen LogP contribution in [0.5, 0.6) is 0 Å². The van der Waals surface area contributed by atoms with Gasteiger partial charge in [0.2, 0.25) is 5.95 Å². The van der Waals surface area contributed by atoms with Crippen LogP contribution in [0.4, 0.5) is 5.95 Å². The van der Waals surface area contributed by atoms with Crippen molar-refractivity contribution in [1.29, 1.82) is 0 Å². The van der Waals surface area contributed by atoms with E-state index in [1.54, 1.807) is 12.4 Å². The molecular weight excluding hydrogens is 176 g/mol. The van der Waals surface area contributed by atoms with Crippen molar-refractivity contribution in [2.75, 3.05) is 25.0 Å². The summed E-state index contributed by atoms with van der Waals surface area (Å²) in [5, 5.41) is 6.58. The van der Waals surface area contributed by atoms with Crippen molar-refractivity contribution in [1.82, 2.24) is 15.3 Å². The van der Waals surface area contributed by atoms with Gasteiger partial charge >= 0.3 is 0 Å². The zero-order valence-corrected chi connectivity index (χ0v) is 8.24. The minimum Gasteiger partial charge on any atom is -0.354 e. The van der Waals surface area contributed by atoms with Crippen molar-refractivity contribution in [2.45, 2.75) is 12.8 Å². The van der Waals surface area contributed by atoms with Crippen LogP contribution in [0.15, 0.2) is 18.5 Å². The summed E-state index contributed by atoms with van der Waals surface area (Å²) in [7, 11) is 0. The number of rotatable bonds is 4. The van der Waals surface area contributed by atoms with Gasteiger partial charge in [-0.3, -0.25) is 0 Å². The van der Waals surface area contributed by atoms with Gasteiger partial charge in [0, 0.05) is 18.9 Å². The zero-order valence-electron chi connectivity index (χ0n) is 8.24. The third-order valence-corrected chi connectivity index (χ3v) is 2.56. The predicted molar refractivity (Wildman–Crippen MR) is 56.1 cm³/mol. The van der Waals surface area contributed by atoms with E-state index in [0.29, 0.717) is 0 Å². The van der Waals surface area contributed by atoms with E-state index >= 15 is 0 Å². The normalized spacial score (nSPS) is 21.0. The fourth-order valence-electron chi connectivity index (χ4n) is 1.74. The van der Waals surface area contributed by atoms with Gasteiger partial charge in [-0.2, -0.15) is 0 Å². The first-order chi connectivity index (χ1) is 6.95. The van der Waals surface area contributed by atoms with Gasteiger partial charge in [0.15, 0.2) is 0 Å². The van der Waals surface area contributed by atoms with Gasteiger partial charge in [0.1, 0.15) is 0 Å². The molecule has 1 aromatic rings. The van der Waals surface area contributed by atoms with Crippen molar-refractivity contribution >= 4 is 5.95 Å². The molecule has 2 rings (SSSR count). The van der Waals surface area contributed by atoms with Crippen molar-refractivity contribution < 1.29 is 0 Å². The number of nitrogens with zero attached hydrogens (tertiary/aromatic N) is 2. The van der Waals surface area contributed by atoms with E-state index in [1.807, 2.05) is 6.07 Å². The van der Waals surface area contributed by atoms with E-state index < -0.39 is 0 Å². The Morgan fingerprint density at radius 1 is 1.43 bits per heavy atom. The van der Waals surface area contributed by atoms with Crippen molar-refractivity contribution in [3.8, 4) is 0 Å². The summed E-state index contributed by atoms with van der Waals surface area (Å²) in [5.74, 6) is 1.56. The molecule has 1 saturated heterocycles. The van der Waals surface area contributed by atoms with E-state index in [4.69, 9.17) is 0 Å². The SMILES string of the molecule is c1cnc(NCCC2CCNC2)nc1. The van der Waals surface area contributed by atoms with Crippen LogP contribution in [0, 0.1) is 5.92 Å². The zero-order chi connectivity index (χ0) is 9.64. The Morgan fingerprint density at radius 2 is 2.29 bits per heavy atom. The lowest BCUT2D eigenvalue weighted by Gasteiger charge is -2.08. The van der Waals surface area contributed by atoms with E-state index in [-0.39, 0.29) is 0 Å². The Morgan fingerprint density at radius 3 is 3.00 bits per heavy atom. The third kappa shape index (κ3) is 2.67. The van der Waals surface area contributed by atoms with E-state index in [2.05, 4.69) is 20.6 Å². The number of hydrogen-bond donors (Lipinski definition) is 2. The predicted octanol–water partition coefficient (Wildman–Crippen LogP) is 0.888. The van der Waals surface area contributed by atoms with Crippen molar-refractivity contribution in [2.24, 2.45) is 5.92 Å². The molecule has 0 bridgehead atoms. The first-order valence-electron chi connectivity index (χ1n) is 5.17. The maximum Gasteiger partial charge on any atom is 0.222 e. The third-order valence-electron chi connectivity index (χ3n) is 2.56. The molecule has 1 atom stereocenters. The fraction of sp³-hybridized carbons (Fsp3) is 0.600. The van der Waals surface area contributed by atoms with Crippen LogP contribution >= 0.6 is 0 Å². The molecule has 76 valence electrons. The monoisotopic (exact) mass is 192 g/mol. The molecule has 0 saturated carbocycles. The van der Waals surface area contributed by atoms with Crippen LogP contribution < -0.4 is 10.6 Å². The van der Waals surface area contributed by atoms with Crippen LogP contribution in [0.25, 0.3) is 0 Å². The summed E-state index contributed by atoms with van der Waals surface area (Å²) in [6.45, 7) is 3.31. The molecule has 1 fully saturated rings. The Hall–Kier alpha value is -1.16. The molecule has 2 heterocycles. The van der Waals surface area contributed by atoms with Gasteiger partial charge in [-0.05, 0) is 37.9 Å². The number of hydrogen-bond acceptors (Lipinski definition) is 4. The fourth-order valence-corrected chi connectivity index (χ4v) is 1.74. The molecule has 0 spiro atoms. The summed E-state index contributed by atoms with van der Waals surface area (Å²) < 4.78 is 0. The number of aromatic nitrogens is 2. The lowest BCUT2D eigenvalue weighted by molar-refractivity contribution is 0.548. The van der Waals surface area contributed by atoms with Gasteiger partial charge in [-0.25, -0.2) is 9.97 Å². The first-order valence-corrected chi connectivity index (χ1v) is 5.17. The molecule has 2 N–H and O–H groups in total. The number of nitrogens with one attached hydrogen (secondary N) is 2.